The fraction of sp³-hybridized carbons (Fsp3) is 0.389. The Labute approximate surface area is 151 Å². The summed E-state index contributed by atoms with van der Waals surface area (Å²) in [4.78, 5) is 38.7. The third kappa shape index (κ3) is 3.70. The Morgan fingerprint density at radius 1 is 1.23 bits per heavy atom. The summed E-state index contributed by atoms with van der Waals surface area (Å²) in [6.07, 6.45) is 1.38. The van der Waals surface area contributed by atoms with E-state index in [4.69, 9.17) is 9.47 Å². The van der Waals surface area contributed by atoms with Gasteiger partial charge >= 0.3 is 5.97 Å². The van der Waals surface area contributed by atoms with Crippen LogP contribution in [0.5, 0.6) is 0 Å². The van der Waals surface area contributed by atoms with Crippen molar-refractivity contribution in [2.45, 2.75) is 6.92 Å². The highest BCUT2D eigenvalue weighted by molar-refractivity contribution is 6.03. The van der Waals surface area contributed by atoms with E-state index in [0.717, 1.165) is 10.6 Å². The molecule has 8 nitrogen and oxygen atoms in total. The minimum atomic E-state index is -0.433. The number of imide groups is 1. The lowest BCUT2D eigenvalue weighted by molar-refractivity contribution is -0.138. The highest BCUT2D eigenvalue weighted by Gasteiger charge is 2.25. The van der Waals surface area contributed by atoms with Crippen LogP contribution in [0, 0.1) is 0 Å². The number of ether oxygens (including phenoxy) is 2. The standard InChI is InChI=1S/C18H21N3O5/c1-12(22)21-11-14(10-17(21)23)19-13-3-4-16(15(9-13)18(24)25-2)20-5-7-26-8-6-20/h3-4,9-10,19H,5-8,11H2,1-2H3. The Morgan fingerprint density at radius 2 is 1.96 bits per heavy atom. The van der Waals surface area contributed by atoms with Crippen molar-refractivity contribution in [3.8, 4) is 0 Å². The van der Waals surface area contributed by atoms with E-state index in [1.54, 1.807) is 6.07 Å². The van der Waals surface area contributed by atoms with E-state index in [1.165, 1.54) is 20.1 Å². The molecular weight excluding hydrogens is 338 g/mol. The fourth-order valence-electron chi connectivity index (χ4n) is 3.02. The molecule has 26 heavy (non-hydrogen) atoms. The van der Waals surface area contributed by atoms with Gasteiger partial charge in [0.05, 0.1) is 38.1 Å². The van der Waals surface area contributed by atoms with E-state index in [2.05, 4.69) is 10.2 Å². The van der Waals surface area contributed by atoms with Crippen LogP contribution in [-0.2, 0) is 19.1 Å². The van der Waals surface area contributed by atoms with Gasteiger partial charge in [-0.2, -0.15) is 0 Å². The normalized spacial score (nSPS) is 17.2. The molecule has 0 atom stereocenters. The van der Waals surface area contributed by atoms with E-state index < -0.39 is 5.97 Å². The predicted octanol–water partition coefficient (Wildman–Crippen LogP) is 0.994. The maximum atomic E-state index is 12.2. The quantitative estimate of drug-likeness (QED) is 0.802. The zero-order valence-electron chi connectivity index (χ0n) is 14.8. The molecular formula is C18H21N3O5. The number of rotatable bonds is 4. The number of anilines is 2. The molecule has 0 bridgehead atoms. The summed E-state index contributed by atoms with van der Waals surface area (Å²) in [6.45, 7) is 4.15. The molecule has 3 rings (SSSR count). The first-order valence-electron chi connectivity index (χ1n) is 8.34. The molecule has 138 valence electrons. The fourth-order valence-corrected chi connectivity index (χ4v) is 3.02. The Morgan fingerprint density at radius 3 is 2.58 bits per heavy atom. The van der Waals surface area contributed by atoms with Crippen LogP contribution in [0.1, 0.15) is 17.3 Å². The zero-order valence-corrected chi connectivity index (χ0v) is 14.8. The Balaban J connectivity index is 1.83. The largest absolute Gasteiger partial charge is 0.465 e. The van der Waals surface area contributed by atoms with E-state index >= 15 is 0 Å². The summed E-state index contributed by atoms with van der Waals surface area (Å²) < 4.78 is 10.3. The molecule has 0 saturated carbocycles. The molecule has 8 heteroatoms. The number of hydrogen-bond acceptors (Lipinski definition) is 7. The van der Waals surface area contributed by atoms with E-state index in [9.17, 15) is 14.4 Å². The Hall–Kier alpha value is -2.87. The van der Waals surface area contributed by atoms with Gasteiger partial charge in [-0.05, 0) is 18.2 Å². The highest BCUT2D eigenvalue weighted by atomic mass is 16.5. The van der Waals surface area contributed by atoms with Crippen LogP contribution in [0.2, 0.25) is 0 Å². The van der Waals surface area contributed by atoms with Crippen molar-refractivity contribution in [3.05, 3.63) is 35.5 Å². The molecule has 0 aromatic heterocycles. The van der Waals surface area contributed by atoms with Crippen LogP contribution in [0.4, 0.5) is 11.4 Å². The lowest BCUT2D eigenvalue weighted by atomic mass is 10.1. The van der Waals surface area contributed by atoms with Gasteiger partial charge in [0, 0.05) is 37.5 Å². The predicted molar refractivity (Wildman–Crippen MR) is 94.9 cm³/mol. The van der Waals surface area contributed by atoms with Crippen molar-refractivity contribution in [1.29, 1.82) is 0 Å². The van der Waals surface area contributed by atoms with E-state index in [-0.39, 0.29) is 18.4 Å². The first-order chi connectivity index (χ1) is 12.5. The molecule has 0 radical (unpaired) electrons. The van der Waals surface area contributed by atoms with Crippen LogP contribution in [0.25, 0.3) is 0 Å². The number of methoxy groups -OCH3 is 1. The summed E-state index contributed by atoms with van der Waals surface area (Å²) in [6, 6.07) is 5.37. The lowest BCUT2D eigenvalue weighted by Gasteiger charge is -2.30. The molecule has 0 unspecified atom stereocenters. The molecule has 1 aromatic rings. The maximum absolute atomic E-state index is 12.2. The molecule has 2 aliphatic heterocycles. The lowest BCUT2D eigenvalue weighted by Crippen LogP contribution is -2.37. The second-order valence-electron chi connectivity index (χ2n) is 6.06. The van der Waals surface area contributed by atoms with Crippen LogP contribution in [0.3, 0.4) is 0 Å². The number of amides is 2. The van der Waals surface area contributed by atoms with Crippen molar-refractivity contribution >= 4 is 29.2 Å². The van der Waals surface area contributed by atoms with Crippen molar-refractivity contribution in [2.75, 3.05) is 50.2 Å². The number of morpholine rings is 1. The van der Waals surface area contributed by atoms with Crippen LogP contribution >= 0.6 is 0 Å². The number of nitrogens with zero attached hydrogens (tertiary/aromatic N) is 2. The Kier molecular flexibility index (Phi) is 5.22. The van der Waals surface area contributed by atoms with Crippen LogP contribution < -0.4 is 10.2 Å². The topological polar surface area (TPSA) is 88.2 Å². The van der Waals surface area contributed by atoms with Gasteiger partial charge in [-0.25, -0.2) is 4.79 Å². The zero-order chi connectivity index (χ0) is 18.7. The number of esters is 1. The third-order valence-corrected chi connectivity index (χ3v) is 4.33. The molecule has 2 amide bonds. The van der Waals surface area contributed by atoms with Gasteiger partial charge in [-0.3, -0.25) is 14.5 Å². The summed E-state index contributed by atoms with van der Waals surface area (Å²) in [5.74, 6) is -1.09. The molecule has 0 spiro atoms. The first kappa shape index (κ1) is 17.9. The van der Waals surface area contributed by atoms with Gasteiger partial charge in [0.15, 0.2) is 0 Å². The first-order valence-corrected chi connectivity index (χ1v) is 8.34. The monoisotopic (exact) mass is 359 g/mol. The molecule has 0 aliphatic carbocycles. The maximum Gasteiger partial charge on any atom is 0.340 e. The third-order valence-electron chi connectivity index (χ3n) is 4.33. The van der Waals surface area contributed by atoms with Crippen molar-refractivity contribution < 1.29 is 23.9 Å². The van der Waals surface area contributed by atoms with E-state index in [0.29, 0.717) is 43.3 Å². The number of hydrogen-bond donors (Lipinski definition) is 1. The molecule has 2 aliphatic rings. The van der Waals surface area contributed by atoms with Crippen molar-refractivity contribution in [3.63, 3.8) is 0 Å². The second kappa shape index (κ2) is 7.57. The minimum Gasteiger partial charge on any atom is -0.465 e. The van der Waals surface area contributed by atoms with Gasteiger partial charge in [0.2, 0.25) is 5.91 Å². The molecule has 1 fully saturated rings. The average Bonchev–Trinajstić information content (AvgIpc) is 3.02. The van der Waals surface area contributed by atoms with E-state index in [1.807, 2.05) is 12.1 Å². The summed E-state index contributed by atoms with van der Waals surface area (Å²) in [5, 5.41) is 3.10. The van der Waals surface area contributed by atoms with Crippen molar-refractivity contribution in [1.82, 2.24) is 4.90 Å². The van der Waals surface area contributed by atoms with Crippen LogP contribution in [0.15, 0.2) is 30.0 Å². The average molecular weight is 359 g/mol. The molecule has 2 heterocycles. The van der Waals surface area contributed by atoms with Gasteiger partial charge in [-0.15, -0.1) is 0 Å². The molecule has 1 N–H and O–H groups in total. The van der Waals surface area contributed by atoms with Crippen molar-refractivity contribution in [2.24, 2.45) is 0 Å². The number of carbonyl (C=O) groups is 3. The van der Waals surface area contributed by atoms with Gasteiger partial charge in [0.1, 0.15) is 0 Å². The Bertz CT molecular complexity index is 768. The van der Waals surface area contributed by atoms with Gasteiger partial charge < -0.3 is 19.7 Å². The van der Waals surface area contributed by atoms with Crippen LogP contribution in [-0.4, -0.2) is 62.6 Å². The molecule has 1 saturated heterocycles. The smallest absolute Gasteiger partial charge is 0.340 e. The molecule has 1 aromatic carbocycles. The number of carbonyl (C=O) groups excluding carboxylic acids is 3. The second-order valence-corrected chi connectivity index (χ2v) is 6.06. The number of benzene rings is 1. The minimum absolute atomic E-state index is 0.187. The number of nitrogens with one attached hydrogen (secondary N) is 1. The highest BCUT2D eigenvalue weighted by Crippen LogP contribution is 2.27. The SMILES string of the molecule is COC(=O)c1cc(NC2=CC(=O)N(C(C)=O)C2)ccc1N1CCOCC1. The summed E-state index contributed by atoms with van der Waals surface area (Å²) in [7, 11) is 1.34. The summed E-state index contributed by atoms with van der Waals surface area (Å²) >= 11 is 0. The summed E-state index contributed by atoms with van der Waals surface area (Å²) in [5.41, 5.74) is 2.47. The van der Waals surface area contributed by atoms with Gasteiger partial charge in [-0.1, -0.05) is 0 Å². The van der Waals surface area contributed by atoms with Gasteiger partial charge in [0.25, 0.3) is 5.91 Å².